The van der Waals surface area contributed by atoms with Crippen LogP contribution in [0, 0.1) is 11.8 Å². The van der Waals surface area contributed by atoms with Crippen molar-refractivity contribution in [1.29, 1.82) is 0 Å². The van der Waals surface area contributed by atoms with E-state index < -0.39 is 0 Å². The van der Waals surface area contributed by atoms with Crippen molar-refractivity contribution in [2.45, 2.75) is 37.9 Å². The van der Waals surface area contributed by atoms with Gasteiger partial charge in [0.05, 0.1) is 12.2 Å². The Bertz CT molecular complexity index is 254. The van der Waals surface area contributed by atoms with Gasteiger partial charge in [-0.15, -0.1) is 0 Å². The fourth-order valence-corrected chi connectivity index (χ4v) is 2.91. The Kier molecular flexibility index (Phi) is 1.79. The van der Waals surface area contributed by atoms with E-state index in [1.54, 1.807) is 0 Å². The van der Waals surface area contributed by atoms with E-state index in [2.05, 4.69) is 24.3 Å². The first kappa shape index (κ1) is 7.81. The molecule has 1 saturated heterocycles. The van der Waals surface area contributed by atoms with E-state index in [-0.39, 0.29) is 0 Å². The minimum atomic E-state index is 0.521. The van der Waals surface area contributed by atoms with Crippen LogP contribution in [0.5, 0.6) is 0 Å². The molecule has 4 unspecified atom stereocenters. The van der Waals surface area contributed by atoms with E-state index in [1.807, 2.05) is 0 Å². The molecule has 13 heavy (non-hydrogen) atoms. The van der Waals surface area contributed by atoms with Gasteiger partial charge in [-0.25, -0.2) is 0 Å². The second-order valence-corrected chi connectivity index (χ2v) is 4.48. The number of hydrogen-bond donors (Lipinski definition) is 0. The van der Waals surface area contributed by atoms with Crippen molar-refractivity contribution in [2.24, 2.45) is 11.8 Å². The maximum absolute atomic E-state index is 6.10. The van der Waals surface area contributed by atoms with Crippen molar-refractivity contribution < 1.29 is 4.74 Å². The third kappa shape index (κ3) is 1.26. The Labute approximate surface area is 79.5 Å². The first-order chi connectivity index (χ1) is 6.43. The van der Waals surface area contributed by atoms with Gasteiger partial charge in [0, 0.05) is 5.92 Å². The molecule has 0 aromatic carbocycles. The first-order valence-corrected chi connectivity index (χ1v) is 5.40. The molecule has 0 amide bonds. The summed E-state index contributed by atoms with van der Waals surface area (Å²) in [6.45, 7) is 0. The Morgan fingerprint density at radius 2 is 1.77 bits per heavy atom. The van der Waals surface area contributed by atoms with Crippen molar-refractivity contribution in [3.05, 3.63) is 24.3 Å². The van der Waals surface area contributed by atoms with Crippen LogP contribution >= 0.6 is 0 Å². The second-order valence-electron chi connectivity index (χ2n) is 4.48. The molecule has 1 fully saturated rings. The Morgan fingerprint density at radius 1 is 0.923 bits per heavy atom. The summed E-state index contributed by atoms with van der Waals surface area (Å²) in [6, 6.07) is 0. The molecule has 1 aliphatic heterocycles. The smallest absolute Gasteiger partial charge is 0.0676 e. The fraction of sp³-hybridized carbons (Fsp3) is 0.667. The highest BCUT2D eigenvalue weighted by Gasteiger charge is 2.37. The molecule has 1 heteroatoms. The predicted octanol–water partition coefficient (Wildman–Crippen LogP) is 2.69. The summed E-state index contributed by atoms with van der Waals surface area (Å²) in [5.74, 6) is 1.53. The molecule has 0 saturated carbocycles. The van der Waals surface area contributed by atoms with E-state index >= 15 is 0 Å². The maximum atomic E-state index is 6.10. The van der Waals surface area contributed by atoms with Gasteiger partial charge in [0.2, 0.25) is 0 Å². The number of hydrogen-bond acceptors (Lipinski definition) is 1. The van der Waals surface area contributed by atoms with E-state index in [4.69, 9.17) is 4.74 Å². The number of fused-ring (bicyclic) bond motifs is 2. The molecule has 3 aliphatic rings. The molecule has 3 rings (SSSR count). The van der Waals surface area contributed by atoms with Gasteiger partial charge in [-0.3, -0.25) is 0 Å². The maximum Gasteiger partial charge on any atom is 0.0676 e. The lowest BCUT2D eigenvalue weighted by Gasteiger charge is -2.39. The van der Waals surface area contributed by atoms with Crippen LogP contribution in [-0.2, 0) is 4.74 Å². The molecule has 4 atom stereocenters. The van der Waals surface area contributed by atoms with Gasteiger partial charge in [-0.05, 0) is 31.6 Å². The predicted molar refractivity (Wildman–Crippen MR) is 52.4 cm³/mol. The van der Waals surface area contributed by atoms with Crippen molar-refractivity contribution in [2.75, 3.05) is 0 Å². The van der Waals surface area contributed by atoms with Gasteiger partial charge in [0.25, 0.3) is 0 Å². The van der Waals surface area contributed by atoms with Crippen molar-refractivity contribution >= 4 is 0 Å². The van der Waals surface area contributed by atoms with Crippen molar-refractivity contribution in [3.63, 3.8) is 0 Å². The molecule has 0 spiro atoms. The van der Waals surface area contributed by atoms with Crippen LogP contribution in [-0.4, -0.2) is 12.2 Å². The van der Waals surface area contributed by atoms with Gasteiger partial charge in [0.15, 0.2) is 0 Å². The summed E-state index contributed by atoms with van der Waals surface area (Å²) < 4.78 is 6.10. The Hall–Kier alpha value is -0.560. The quantitative estimate of drug-likeness (QED) is 0.516. The lowest BCUT2D eigenvalue weighted by Crippen LogP contribution is -2.39. The van der Waals surface area contributed by atoms with Crippen LogP contribution in [0.2, 0.25) is 0 Å². The average molecular weight is 176 g/mol. The molecular weight excluding hydrogens is 160 g/mol. The molecule has 1 nitrogen and oxygen atoms in total. The van der Waals surface area contributed by atoms with Crippen molar-refractivity contribution in [1.82, 2.24) is 0 Å². The van der Waals surface area contributed by atoms with E-state index in [0.29, 0.717) is 12.2 Å². The van der Waals surface area contributed by atoms with E-state index in [0.717, 1.165) is 24.7 Å². The molecule has 70 valence electrons. The average Bonchev–Trinajstić information content (AvgIpc) is 2.61. The van der Waals surface area contributed by atoms with Crippen LogP contribution in [0.4, 0.5) is 0 Å². The Morgan fingerprint density at radius 3 is 2.77 bits per heavy atom. The van der Waals surface area contributed by atoms with Gasteiger partial charge in [-0.2, -0.15) is 0 Å². The highest BCUT2D eigenvalue weighted by Crippen LogP contribution is 2.40. The molecule has 0 N–H and O–H groups in total. The SMILES string of the molecule is C1=CCC2OC3CC=CC3CC2C1. The molecule has 0 bridgehead atoms. The Balaban J connectivity index is 1.78. The zero-order valence-corrected chi connectivity index (χ0v) is 7.86. The minimum absolute atomic E-state index is 0.521. The molecule has 1 heterocycles. The third-order valence-corrected chi connectivity index (χ3v) is 3.65. The molecule has 0 aromatic rings. The second kappa shape index (κ2) is 2.98. The lowest BCUT2D eigenvalue weighted by atomic mass is 9.80. The monoisotopic (exact) mass is 176 g/mol. The van der Waals surface area contributed by atoms with Crippen LogP contribution in [0.1, 0.15) is 25.7 Å². The van der Waals surface area contributed by atoms with Crippen molar-refractivity contribution in [3.8, 4) is 0 Å². The third-order valence-electron chi connectivity index (χ3n) is 3.65. The summed E-state index contributed by atoms with van der Waals surface area (Å²) in [4.78, 5) is 0. The van der Waals surface area contributed by atoms with Crippen LogP contribution < -0.4 is 0 Å². The van der Waals surface area contributed by atoms with Gasteiger partial charge >= 0.3 is 0 Å². The summed E-state index contributed by atoms with van der Waals surface area (Å²) in [7, 11) is 0. The summed E-state index contributed by atoms with van der Waals surface area (Å²) >= 11 is 0. The summed E-state index contributed by atoms with van der Waals surface area (Å²) in [5.41, 5.74) is 0. The van der Waals surface area contributed by atoms with Gasteiger partial charge in [0.1, 0.15) is 0 Å². The topological polar surface area (TPSA) is 9.23 Å². The van der Waals surface area contributed by atoms with E-state index in [1.165, 1.54) is 12.8 Å². The fourth-order valence-electron chi connectivity index (χ4n) is 2.91. The zero-order valence-electron chi connectivity index (χ0n) is 7.86. The number of allylic oxidation sites excluding steroid dienone is 1. The standard InChI is InChI=1S/C12H16O/c1-2-6-11-9(4-1)8-10-5-3-7-12(10)13-11/h1-3,5,9-12H,4,6-8H2. The largest absolute Gasteiger partial charge is 0.373 e. The van der Waals surface area contributed by atoms with E-state index in [9.17, 15) is 0 Å². The molecule has 0 aromatic heterocycles. The number of ether oxygens (including phenoxy) is 1. The lowest BCUT2D eigenvalue weighted by molar-refractivity contribution is -0.0972. The number of rotatable bonds is 0. The highest BCUT2D eigenvalue weighted by molar-refractivity contribution is 5.08. The van der Waals surface area contributed by atoms with Crippen LogP contribution in [0.3, 0.4) is 0 Å². The molecule has 2 aliphatic carbocycles. The van der Waals surface area contributed by atoms with Gasteiger partial charge < -0.3 is 4.74 Å². The molecular formula is C12H16O. The van der Waals surface area contributed by atoms with Crippen LogP contribution in [0.25, 0.3) is 0 Å². The minimum Gasteiger partial charge on any atom is -0.373 e. The zero-order chi connectivity index (χ0) is 8.67. The summed E-state index contributed by atoms with van der Waals surface area (Å²) in [5, 5.41) is 0. The normalized spacial score (nSPS) is 47.4. The van der Waals surface area contributed by atoms with Crippen LogP contribution in [0.15, 0.2) is 24.3 Å². The summed E-state index contributed by atoms with van der Waals surface area (Å²) in [6.07, 6.45) is 15.2. The highest BCUT2D eigenvalue weighted by atomic mass is 16.5. The molecule has 0 radical (unpaired) electrons. The first-order valence-electron chi connectivity index (χ1n) is 5.40. The van der Waals surface area contributed by atoms with Gasteiger partial charge in [-0.1, -0.05) is 24.3 Å².